The summed E-state index contributed by atoms with van der Waals surface area (Å²) >= 11 is 0. The Morgan fingerprint density at radius 2 is 0.889 bits per heavy atom. The number of amides is 1. The van der Waals surface area contributed by atoms with Gasteiger partial charge in [-0.05, 0) is 87.4 Å². The third kappa shape index (κ3) is 29.6. The molecule has 3 aromatic rings. The zero-order chi connectivity index (χ0) is 57.8. The van der Waals surface area contributed by atoms with Gasteiger partial charge in [0.15, 0.2) is 18.5 Å². The van der Waals surface area contributed by atoms with Crippen molar-refractivity contribution in [1.82, 2.24) is 5.32 Å². The Bertz CT molecular complexity index is 2130. The Morgan fingerprint density at radius 1 is 0.506 bits per heavy atom. The fraction of sp³-hybridized carbons (Fsp3) is 0.623. The van der Waals surface area contributed by atoms with E-state index in [-0.39, 0.29) is 30.1 Å². The van der Waals surface area contributed by atoms with Crippen LogP contribution < -0.4 is 5.32 Å². The number of unbranched alkanes of at least 4 members (excludes halogenated alkanes) is 28. The van der Waals surface area contributed by atoms with Crippen LogP contribution in [0.2, 0.25) is 0 Å². The summed E-state index contributed by atoms with van der Waals surface area (Å²) in [6.07, 6.45) is 37.2. The molecule has 12 nitrogen and oxygen atoms in total. The highest BCUT2D eigenvalue weighted by Gasteiger charge is 2.51. The molecule has 4 rings (SSSR count). The lowest BCUT2D eigenvalue weighted by atomic mass is 9.98. The molecule has 1 aliphatic rings. The van der Waals surface area contributed by atoms with Crippen molar-refractivity contribution in [2.75, 3.05) is 13.2 Å². The lowest BCUT2D eigenvalue weighted by Gasteiger charge is -2.43. The predicted octanol–water partition coefficient (Wildman–Crippen LogP) is 15.9. The molecule has 3 N–H and O–H groups in total. The normalized spacial score (nSPS) is 18.0. The van der Waals surface area contributed by atoms with Crippen molar-refractivity contribution < 1.29 is 53.1 Å². The highest BCUT2D eigenvalue weighted by Crippen LogP contribution is 2.29. The highest BCUT2D eigenvalue weighted by atomic mass is 16.7. The van der Waals surface area contributed by atoms with Crippen LogP contribution in [0.25, 0.3) is 0 Å². The first-order valence-electron chi connectivity index (χ1n) is 31.7. The Balaban J connectivity index is 1.41. The Labute approximate surface area is 487 Å². The van der Waals surface area contributed by atoms with Crippen LogP contribution in [-0.2, 0) is 28.5 Å². The number of carbonyl (C=O) groups excluding carboxylic acids is 4. The fourth-order valence-electron chi connectivity index (χ4n) is 10.3. The van der Waals surface area contributed by atoms with Crippen LogP contribution in [0.15, 0.2) is 115 Å². The van der Waals surface area contributed by atoms with Gasteiger partial charge < -0.3 is 39.2 Å². The first kappa shape index (κ1) is 68.4. The maximum atomic E-state index is 14.0. The summed E-state index contributed by atoms with van der Waals surface area (Å²) < 4.78 is 30.7. The molecule has 1 saturated heterocycles. The molecule has 0 unspecified atom stereocenters. The van der Waals surface area contributed by atoms with E-state index in [1.165, 1.54) is 148 Å². The van der Waals surface area contributed by atoms with Crippen molar-refractivity contribution in [3.05, 3.63) is 132 Å². The fourth-order valence-corrected chi connectivity index (χ4v) is 10.3. The Hall–Kier alpha value is -5.14. The summed E-state index contributed by atoms with van der Waals surface area (Å²) in [7, 11) is 0. The smallest absolute Gasteiger partial charge is 0.338 e. The molecule has 3 aromatic carbocycles. The SMILES string of the molecule is CCCCCCCC/C=C/CCCCCCCCCCCCCC(=O)N[C@@H](CO[C@H]1O[C@H](CO)[C@@H](O)[C@H](OC(=O)c2ccccc2)[C@H]1OC(=O)c1ccccc1)[C@@H](/C=C/CCCCCCCCCCCCC)OC(=O)c1ccccc1. The number of aliphatic hydroxyl groups excluding tert-OH is 2. The first-order valence-corrected chi connectivity index (χ1v) is 31.7. The second-order valence-electron chi connectivity index (χ2n) is 22.1. The van der Waals surface area contributed by atoms with E-state index in [0.717, 1.165) is 44.9 Å². The van der Waals surface area contributed by atoms with Gasteiger partial charge in [0, 0.05) is 6.42 Å². The van der Waals surface area contributed by atoms with Crippen molar-refractivity contribution in [2.24, 2.45) is 0 Å². The summed E-state index contributed by atoms with van der Waals surface area (Å²) in [5.41, 5.74) is 0.695. The molecule has 12 heteroatoms. The van der Waals surface area contributed by atoms with Gasteiger partial charge in [0.2, 0.25) is 5.91 Å². The standard InChI is InChI=1S/C69H103NO11/c1-3-5-7-9-11-13-15-17-18-19-20-21-22-23-24-26-28-30-32-34-45-53-62(72)70-59(60(78-66(74)56-46-38-35-39-47-56)52-44-33-31-29-27-25-16-14-12-10-8-6-4-2)55-77-69-65(81-68(76)58-50-42-37-43-51-58)64(63(73)61(54-71)79-69)80-67(75)57-48-40-36-41-49-57/h17-18,35-44,46-52,59-61,63-65,69,71,73H,3-16,19-34,45,53-55H2,1-2H3,(H,70,72)/b18-17+,52-44+/t59-,60+,61+,63+,64-,65+,69-/m0/s1. The minimum Gasteiger partial charge on any atom is -0.452 e. The van der Waals surface area contributed by atoms with Crippen LogP contribution in [0.4, 0.5) is 0 Å². The van der Waals surface area contributed by atoms with Gasteiger partial charge in [0.05, 0.1) is 35.9 Å². The lowest BCUT2D eigenvalue weighted by molar-refractivity contribution is -0.300. The summed E-state index contributed by atoms with van der Waals surface area (Å²) in [6, 6.07) is 24.0. The molecule has 1 fully saturated rings. The van der Waals surface area contributed by atoms with E-state index in [4.69, 9.17) is 23.7 Å². The van der Waals surface area contributed by atoms with Gasteiger partial charge >= 0.3 is 17.9 Å². The number of aliphatic hydroxyl groups is 2. The molecule has 0 spiro atoms. The first-order chi connectivity index (χ1) is 39.7. The average molecular weight is 1120 g/mol. The molecule has 1 heterocycles. The number of hydrogen-bond acceptors (Lipinski definition) is 11. The molecular formula is C69H103NO11. The molecule has 0 saturated carbocycles. The van der Waals surface area contributed by atoms with Crippen LogP contribution in [0.3, 0.4) is 0 Å². The zero-order valence-corrected chi connectivity index (χ0v) is 49.6. The largest absolute Gasteiger partial charge is 0.452 e. The molecule has 1 aliphatic heterocycles. The number of hydrogen-bond donors (Lipinski definition) is 3. The molecule has 1 amide bonds. The number of ether oxygens (including phenoxy) is 5. The van der Waals surface area contributed by atoms with Crippen LogP contribution in [0.5, 0.6) is 0 Å². The van der Waals surface area contributed by atoms with Crippen molar-refractivity contribution in [3.8, 4) is 0 Å². The van der Waals surface area contributed by atoms with E-state index >= 15 is 0 Å². The second kappa shape index (κ2) is 44.4. The van der Waals surface area contributed by atoms with Gasteiger partial charge in [-0.15, -0.1) is 0 Å². The lowest BCUT2D eigenvalue weighted by Crippen LogP contribution is -2.62. The molecule has 7 atom stereocenters. The molecule has 450 valence electrons. The summed E-state index contributed by atoms with van der Waals surface area (Å²) in [5.74, 6) is -2.47. The minimum atomic E-state index is -1.64. The summed E-state index contributed by atoms with van der Waals surface area (Å²) in [5, 5.41) is 25.2. The average Bonchev–Trinajstić information content (AvgIpc) is 3.67. The van der Waals surface area contributed by atoms with E-state index in [0.29, 0.717) is 12.0 Å². The van der Waals surface area contributed by atoms with E-state index in [1.807, 2.05) is 12.1 Å². The topological polar surface area (TPSA) is 167 Å². The number of benzene rings is 3. The minimum absolute atomic E-state index is 0.182. The third-order valence-electron chi connectivity index (χ3n) is 15.2. The van der Waals surface area contributed by atoms with Gasteiger partial charge in [-0.1, -0.05) is 241 Å². The second-order valence-corrected chi connectivity index (χ2v) is 22.1. The number of rotatable bonds is 46. The van der Waals surface area contributed by atoms with Crippen LogP contribution in [0, 0.1) is 0 Å². The maximum absolute atomic E-state index is 14.0. The van der Waals surface area contributed by atoms with Crippen molar-refractivity contribution in [2.45, 2.75) is 262 Å². The van der Waals surface area contributed by atoms with E-state index in [9.17, 15) is 29.4 Å². The number of allylic oxidation sites excluding steroid dienone is 3. The quantitative estimate of drug-likeness (QED) is 0.0213. The predicted molar refractivity (Wildman–Crippen MR) is 324 cm³/mol. The van der Waals surface area contributed by atoms with Gasteiger partial charge in [-0.2, -0.15) is 0 Å². The van der Waals surface area contributed by atoms with Crippen LogP contribution >= 0.6 is 0 Å². The van der Waals surface area contributed by atoms with Crippen LogP contribution in [0.1, 0.15) is 250 Å². The van der Waals surface area contributed by atoms with E-state index in [2.05, 4.69) is 31.3 Å². The monoisotopic (exact) mass is 1120 g/mol. The third-order valence-corrected chi connectivity index (χ3v) is 15.2. The Kier molecular flexibility index (Phi) is 37.5. The maximum Gasteiger partial charge on any atom is 0.338 e. The molecule has 0 bridgehead atoms. The molecule has 81 heavy (non-hydrogen) atoms. The van der Waals surface area contributed by atoms with Crippen molar-refractivity contribution >= 4 is 23.8 Å². The molecule has 0 aromatic heterocycles. The summed E-state index contributed by atoms with van der Waals surface area (Å²) in [4.78, 5) is 55.2. The van der Waals surface area contributed by atoms with Gasteiger partial charge in [0.1, 0.15) is 18.3 Å². The molecular weight excluding hydrogens is 1020 g/mol. The highest BCUT2D eigenvalue weighted by molar-refractivity contribution is 5.91. The van der Waals surface area contributed by atoms with Gasteiger partial charge in [-0.25, -0.2) is 14.4 Å². The zero-order valence-electron chi connectivity index (χ0n) is 49.6. The number of carbonyl (C=O) groups is 4. The number of esters is 3. The van der Waals surface area contributed by atoms with E-state index < -0.39 is 67.4 Å². The summed E-state index contributed by atoms with van der Waals surface area (Å²) in [6.45, 7) is 3.47. The molecule has 0 radical (unpaired) electrons. The van der Waals surface area contributed by atoms with Gasteiger partial charge in [-0.3, -0.25) is 4.79 Å². The van der Waals surface area contributed by atoms with Crippen molar-refractivity contribution in [1.29, 1.82) is 0 Å². The number of nitrogens with one attached hydrogen (secondary N) is 1. The van der Waals surface area contributed by atoms with Gasteiger partial charge in [0.25, 0.3) is 0 Å². The Morgan fingerprint density at radius 3 is 1.32 bits per heavy atom. The van der Waals surface area contributed by atoms with Crippen LogP contribution in [-0.4, -0.2) is 90.1 Å². The van der Waals surface area contributed by atoms with Crippen molar-refractivity contribution in [3.63, 3.8) is 0 Å². The molecule has 0 aliphatic carbocycles. The van der Waals surface area contributed by atoms with E-state index in [1.54, 1.807) is 91.0 Å².